The van der Waals surface area contributed by atoms with Gasteiger partial charge in [0.1, 0.15) is 0 Å². The molecule has 0 aliphatic heterocycles. The van der Waals surface area contributed by atoms with Gasteiger partial charge in [-0.3, -0.25) is 0 Å². The third-order valence-electron chi connectivity index (χ3n) is 7.29. The first-order valence-corrected chi connectivity index (χ1v) is 12.6. The van der Waals surface area contributed by atoms with Gasteiger partial charge in [0.2, 0.25) is 0 Å². The molecule has 0 fully saturated rings. The monoisotopic (exact) mass is 440 g/mol. The fourth-order valence-electron chi connectivity index (χ4n) is 5.91. The molecule has 0 bridgehead atoms. The van der Waals surface area contributed by atoms with Crippen LogP contribution in [0.15, 0.2) is 103 Å². The molecule has 6 aromatic rings. The number of benzene rings is 6. The smallest absolute Gasteiger partial charge is 0.0441 e. The van der Waals surface area contributed by atoms with Gasteiger partial charge >= 0.3 is 0 Å². The summed E-state index contributed by atoms with van der Waals surface area (Å²) in [6, 6.07) is 38.3. The zero-order valence-corrected chi connectivity index (χ0v) is 20.8. The third kappa shape index (κ3) is 2.91. The molecular formula is C34H32. The summed E-state index contributed by atoms with van der Waals surface area (Å²) in [5.41, 5.74) is 6.76. The number of hydrogen-bond acceptors (Lipinski definition) is 0. The number of hydrogen-bond donors (Lipinski definition) is 0. The first-order chi connectivity index (χ1) is 16.8. The summed E-state index contributed by atoms with van der Waals surface area (Å²) in [6.07, 6.45) is 0. The van der Waals surface area contributed by atoms with E-state index in [0.29, 0.717) is 0 Å². The van der Waals surface area contributed by atoms with Crippen LogP contribution in [0.25, 0.3) is 43.4 Å². The molecule has 1 aliphatic rings. The molecule has 0 amide bonds. The molecule has 0 heteroatoms. The van der Waals surface area contributed by atoms with Gasteiger partial charge in [0, 0.05) is 5.41 Å². The van der Waals surface area contributed by atoms with E-state index in [-0.39, 0.29) is 5.41 Å². The van der Waals surface area contributed by atoms with E-state index < -0.39 is 0 Å². The molecule has 0 saturated carbocycles. The van der Waals surface area contributed by atoms with Crippen LogP contribution in [-0.4, -0.2) is 0 Å². The number of fused-ring (bicyclic) bond motifs is 3. The summed E-state index contributed by atoms with van der Waals surface area (Å²) in [7, 11) is 0. The van der Waals surface area contributed by atoms with Crippen LogP contribution in [0.2, 0.25) is 0 Å². The first kappa shape index (κ1) is 22.2. The van der Waals surface area contributed by atoms with Crippen LogP contribution in [0.3, 0.4) is 0 Å². The predicted octanol–water partition coefficient (Wildman–Crippen LogP) is 9.97. The minimum absolute atomic E-state index is 0.171. The van der Waals surface area contributed by atoms with E-state index in [9.17, 15) is 0 Å². The molecule has 0 N–H and O–H groups in total. The van der Waals surface area contributed by atoms with E-state index in [1.165, 1.54) is 60.1 Å². The lowest BCUT2D eigenvalue weighted by Gasteiger charge is -2.30. The minimum Gasteiger partial charge on any atom is -0.0683 e. The highest BCUT2D eigenvalue weighted by atomic mass is 14.4. The van der Waals surface area contributed by atoms with E-state index in [2.05, 4.69) is 110 Å². The van der Waals surface area contributed by atoms with Gasteiger partial charge in [-0.25, -0.2) is 0 Å². The highest BCUT2D eigenvalue weighted by Gasteiger charge is 2.41. The van der Waals surface area contributed by atoms with Crippen LogP contribution in [-0.2, 0) is 5.41 Å². The van der Waals surface area contributed by atoms with Crippen molar-refractivity contribution < 1.29 is 0 Å². The van der Waals surface area contributed by atoms with Crippen LogP contribution < -0.4 is 0 Å². The van der Waals surface area contributed by atoms with Crippen molar-refractivity contribution in [2.45, 2.75) is 40.0 Å². The van der Waals surface area contributed by atoms with Crippen molar-refractivity contribution in [2.75, 3.05) is 0 Å². The summed E-state index contributed by atoms with van der Waals surface area (Å²) in [6.45, 7) is 10.4. The fraction of sp³-hybridized carbons (Fsp3) is 0.176. The lowest BCUT2D eigenvalue weighted by Crippen LogP contribution is -2.22. The Morgan fingerprint density at radius 2 is 0.882 bits per heavy atom. The van der Waals surface area contributed by atoms with Crippen LogP contribution in [0.1, 0.15) is 51.3 Å². The van der Waals surface area contributed by atoms with Gasteiger partial charge in [-0.1, -0.05) is 131 Å². The van der Waals surface area contributed by atoms with Crippen molar-refractivity contribution in [3.63, 3.8) is 0 Å². The molecule has 0 atom stereocenters. The summed E-state index contributed by atoms with van der Waals surface area (Å²) in [5.74, 6) is 0. The fourth-order valence-corrected chi connectivity index (χ4v) is 5.91. The molecule has 0 unspecified atom stereocenters. The summed E-state index contributed by atoms with van der Waals surface area (Å²) in [5, 5.41) is 8.11. The van der Waals surface area contributed by atoms with Crippen molar-refractivity contribution >= 4 is 32.3 Å². The van der Waals surface area contributed by atoms with Gasteiger partial charge in [0.15, 0.2) is 0 Å². The largest absolute Gasteiger partial charge is 0.0683 e. The van der Waals surface area contributed by atoms with Gasteiger partial charge in [0.05, 0.1) is 0 Å². The maximum Gasteiger partial charge on any atom is 0.0441 e. The third-order valence-corrected chi connectivity index (χ3v) is 7.29. The molecular weight excluding hydrogens is 408 g/mol. The Morgan fingerprint density at radius 3 is 1.47 bits per heavy atom. The van der Waals surface area contributed by atoms with Gasteiger partial charge in [0.25, 0.3) is 0 Å². The first-order valence-electron chi connectivity index (χ1n) is 12.6. The average molecular weight is 441 g/mol. The summed E-state index contributed by atoms with van der Waals surface area (Å²) < 4.78 is 0. The number of rotatable bonds is 1. The van der Waals surface area contributed by atoms with Crippen LogP contribution in [0, 0.1) is 0 Å². The van der Waals surface area contributed by atoms with Gasteiger partial charge in [-0.15, -0.1) is 0 Å². The lowest BCUT2D eigenvalue weighted by molar-refractivity contribution is 0.721. The molecule has 6 aromatic carbocycles. The summed E-state index contributed by atoms with van der Waals surface area (Å²) >= 11 is 0. The average Bonchev–Trinajstić information content (AvgIpc) is 3.19. The Balaban J connectivity index is 0.000000574. The Labute approximate surface area is 203 Å². The highest BCUT2D eigenvalue weighted by Crippen LogP contribution is 2.54. The van der Waals surface area contributed by atoms with Crippen LogP contribution >= 0.6 is 0 Å². The molecule has 0 spiro atoms. The van der Waals surface area contributed by atoms with Gasteiger partial charge < -0.3 is 0 Å². The van der Waals surface area contributed by atoms with Crippen molar-refractivity contribution in [2.24, 2.45) is 0 Å². The second-order valence-electron chi connectivity index (χ2n) is 8.69. The van der Waals surface area contributed by atoms with Crippen molar-refractivity contribution in [3.05, 3.63) is 120 Å². The maximum atomic E-state index is 2.41. The highest BCUT2D eigenvalue weighted by molar-refractivity contribution is 6.23. The van der Waals surface area contributed by atoms with Crippen LogP contribution in [0.5, 0.6) is 0 Å². The van der Waals surface area contributed by atoms with Crippen LogP contribution in [0.4, 0.5) is 0 Å². The molecule has 168 valence electrons. The zero-order valence-electron chi connectivity index (χ0n) is 20.8. The predicted molar refractivity (Wildman–Crippen MR) is 150 cm³/mol. The molecule has 0 heterocycles. The second-order valence-corrected chi connectivity index (χ2v) is 8.69. The molecule has 0 aromatic heterocycles. The van der Waals surface area contributed by atoms with E-state index >= 15 is 0 Å². The minimum atomic E-state index is -0.171. The summed E-state index contributed by atoms with van der Waals surface area (Å²) in [4.78, 5) is 0. The Kier molecular flexibility index (Phi) is 5.62. The Morgan fingerprint density at radius 1 is 0.412 bits per heavy atom. The van der Waals surface area contributed by atoms with Gasteiger partial charge in [-0.2, -0.15) is 0 Å². The topological polar surface area (TPSA) is 0 Å². The van der Waals surface area contributed by atoms with E-state index in [0.717, 1.165) is 0 Å². The van der Waals surface area contributed by atoms with Crippen molar-refractivity contribution in [3.8, 4) is 11.1 Å². The van der Waals surface area contributed by atoms with E-state index in [4.69, 9.17) is 0 Å². The Bertz CT molecular complexity index is 1540. The van der Waals surface area contributed by atoms with E-state index in [1.54, 1.807) is 0 Å². The molecule has 1 aliphatic carbocycles. The Hall–Kier alpha value is -3.64. The van der Waals surface area contributed by atoms with Crippen molar-refractivity contribution in [1.29, 1.82) is 0 Å². The quantitative estimate of drug-likeness (QED) is 0.223. The van der Waals surface area contributed by atoms with Crippen molar-refractivity contribution in [1.82, 2.24) is 0 Å². The lowest BCUT2D eigenvalue weighted by atomic mass is 9.72. The van der Waals surface area contributed by atoms with E-state index in [1.807, 2.05) is 27.7 Å². The zero-order chi connectivity index (χ0) is 23.9. The maximum absolute atomic E-state index is 2.41. The standard InChI is InChI=1S/C30H20.2C2H6/c1-30(25-11-4-2-9-22(25)23-10-3-5-12-26(23)30)27-18-16-21-14-13-19-7-6-8-20-15-17-24(27)29(21)28(19)20;2*1-2/h2-18H,1H3;2*1-2H3. The van der Waals surface area contributed by atoms with Gasteiger partial charge in [-0.05, 0) is 67.1 Å². The SMILES string of the molecule is CC.CC.CC1(c2ccc3ccc4cccc5ccc2c3c45)c2ccccc2-c2ccccc21. The molecule has 0 radical (unpaired) electrons. The molecule has 34 heavy (non-hydrogen) atoms. The molecule has 7 rings (SSSR count). The normalized spacial score (nSPS) is 13.1. The molecule has 0 nitrogen and oxygen atoms in total. The second kappa shape index (κ2) is 8.61. The molecule has 0 saturated heterocycles.